The first-order valence-electron chi connectivity index (χ1n) is 9.26. The van der Waals surface area contributed by atoms with Crippen molar-refractivity contribution in [2.75, 3.05) is 23.4 Å². The third-order valence-corrected chi connectivity index (χ3v) is 4.23. The number of aryl methyl sites for hydroxylation is 1. The fourth-order valence-electron chi connectivity index (χ4n) is 2.68. The Morgan fingerprint density at radius 3 is 2.39 bits per heavy atom. The minimum Gasteiger partial charge on any atom is -0.484 e. The molecule has 144 valence electrons. The van der Waals surface area contributed by atoms with Crippen LogP contribution in [0.5, 0.6) is 5.75 Å². The van der Waals surface area contributed by atoms with Crippen molar-refractivity contribution in [3.8, 4) is 5.75 Å². The molecule has 0 radical (unpaired) electrons. The summed E-state index contributed by atoms with van der Waals surface area (Å²) in [7, 11) is 0. The lowest BCUT2D eigenvalue weighted by atomic mass is 10.2. The molecule has 2 aromatic carbocycles. The number of nitrogens with zero attached hydrogens (tertiary/aromatic N) is 3. The van der Waals surface area contributed by atoms with E-state index in [0.717, 1.165) is 24.5 Å². The van der Waals surface area contributed by atoms with Gasteiger partial charge < -0.3 is 15.0 Å². The Hall–Kier alpha value is -3.41. The summed E-state index contributed by atoms with van der Waals surface area (Å²) in [4.78, 5) is 14.2. The molecule has 0 aliphatic heterocycles. The van der Waals surface area contributed by atoms with E-state index >= 15 is 0 Å². The highest BCUT2D eigenvalue weighted by atomic mass is 16.5. The van der Waals surface area contributed by atoms with Crippen molar-refractivity contribution in [2.45, 2.75) is 20.4 Å². The molecule has 1 N–H and O–H groups in total. The maximum absolute atomic E-state index is 12.1. The van der Waals surface area contributed by atoms with E-state index in [4.69, 9.17) is 4.74 Å². The highest BCUT2D eigenvalue weighted by Crippen LogP contribution is 2.15. The first-order chi connectivity index (χ1) is 13.6. The van der Waals surface area contributed by atoms with Gasteiger partial charge in [-0.1, -0.05) is 48.0 Å². The summed E-state index contributed by atoms with van der Waals surface area (Å²) in [6, 6.07) is 21.4. The Balaban J connectivity index is 1.54. The lowest BCUT2D eigenvalue weighted by molar-refractivity contribution is -0.118. The summed E-state index contributed by atoms with van der Waals surface area (Å²) < 4.78 is 5.47. The van der Waals surface area contributed by atoms with E-state index in [1.165, 1.54) is 5.56 Å². The molecule has 0 spiro atoms. The highest BCUT2D eigenvalue weighted by Gasteiger charge is 2.09. The van der Waals surface area contributed by atoms with Crippen molar-refractivity contribution in [1.82, 2.24) is 10.2 Å². The molecule has 0 fully saturated rings. The van der Waals surface area contributed by atoms with Crippen molar-refractivity contribution in [1.29, 1.82) is 0 Å². The zero-order valence-corrected chi connectivity index (χ0v) is 16.1. The van der Waals surface area contributed by atoms with Crippen molar-refractivity contribution in [3.05, 3.63) is 77.9 Å². The molecule has 3 rings (SSSR count). The zero-order valence-electron chi connectivity index (χ0n) is 16.1. The Morgan fingerprint density at radius 1 is 1.00 bits per heavy atom. The number of nitrogens with one attached hydrogen (secondary N) is 1. The van der Waals surface area contributed by atoms with Crippen LogP contribution in [0, 0.1) is 6.92 Å². The van der Waals surface area contributed by atoms with Crippen LogP contribution in [-0.4, -0.2) is 29.3 Å². The predicted octanol–water partition coefficient (Wildman–Crippen LogP) is 3.83. The molecule has 6 nitrogen and oxygen atoms in total. The number of carbonyl (C=O) groups excluding carboxylic acids is 1. The largest absolute Gasteiger partial charge is 0.484 e. The Bertz CT molecular complexity index is 881. The first-order valence-corrected chi connectivity index (χ1v) is 9.26. The van der Waals surface area contributed by atoms with Crippen LogP contribution >= 0.6 is 0 Å². The number of carbonyl (C=O) groups is 1. The molecule has 0 saturated heterocycles. The van der Waals surface area contributed by atoms with Gasteiger partial charge in [0.1, 0.15) is 5.75 Å². The molecule has 0 aliphatic carbocycles. The molecular weight excluding hydrogens is 352 g/mol. The summed E-state index contributed by atoms with van der Waals surface area (Å²) in [5, 5.41) is 11.1. The van der Waals surface area contributed by atoms with Crippen LogP contribution in [0.4, 0.5) is 11.6 Å². The Morgan fingerprint density at radius 2 is 1.75 bits per heavy atom. The minimum absolute atomic E-state index is 0.0818. The lowest BCUT2D eigenvalue weighted by Crippen LogP contribution is -2.24. The van der Waals surface area contributed by atoms with Gasteiger partial charge in [0.2, 0.25) is 0 Å². The summed E-state index contributed by atoms with van der Waals surface area (Å²) >= 11 is 0. The fraction of sp³-hybridized carbons (Fsp3) is 0.227. The van der Waals surface area contributed by atoms with Gasteiger partial charge in [0, 0.05) is 13.1 Å². The number of aromatic nitrogens is 2. The maximum atomic E-state index is 12.1. The van der Waals surface area contributed by atoms with Crippen molar-refractivity contribution in [3.63, 3.8) is 0 Å². The van der Waals surface area contributed by atoms with Gasteiger partial charge in [-0.15, -0.1) is 10.2 Å². The van der Waals surface area contributed by atoms with Crippen LogP contribution in [0.1, 0.15) is 18.1 Å². The molecule has 0 aliphatic rings. The van der Waals surface area contributed by atoms with Crippen LogP contribution in [0.15, 0.2) is 66.7 Å². The molecule has 3 aromatic rings. The standard InChI is InChI=1S/C22H24N4O2/c1-3-26(15-18-7-5-4-6-8-18)21-14-13-20(24-25-21)23-22(27)16-28-19-11-9-17(2)10-12-19/h4-14H,3,15-16H2,1-2H3,(H,23,24,27). The third kappa shape index (κ3) is 5.54. The summed E-state index contributed by atoms with van der Waals surface area (Å²) in [5.74, 6) is 1.54. The summed E-state index contributed by atoms with van der Waals surface area (Å²) in [6.07, 6.45) is 0. The van der Waals surface area contributed by atoms with Gasteiger partial charge in [0.05, 0.1) is 0 Å². The second kappa shape index (κ2) is 9.50. The molecule has 0 bridgehead atoms. The second-order valence-corrected chi connectivity index (χ2v) is 6.43. The van der Waals surface area contributed by atoms with Gasteiger partial charge in [-0.2, -0.15) is 0 Å². The maximum Gasteiger partial charge on any atom is 0.263 e. The van der Waals surface area contributed by atoms with Crippen LogP contribution in [0.25, 0.3) is 0 Å². The monoisotopic (exact) mass is 376 g/mol. The smallest absolute Gasteiger partial charge is 0.263 e. The Kier molecular flexibility index (Phi) is 6.57. The molecule has 0 unspecified atom stereocenters. The van der Waals surface area contributed by atoms with Crippen LogP contribution in [0.2, 0.25) is 0 Å². The van der Waals surface area contributed by atoms with Crippen molar-refractivity contribution < 1.29 is 9.53 Å². The molecule has 1 amide bonds. The molecule has 6 heteroatoms. The number of anilines is 2. The topological polar surface area (TPSA) is 67.4 Å². The summed E-state index contributed by atoms with van der Waals surface area (Å²) in [6.45, 7) is 5.55. The SMILES string of the molecule is CCN(Cc1ccccc1)c1ccc(NC(=O)COc2ccc(C)cc2)nn1. The van der Waals surface area contributed by atoms with Gasteiger partial charge in [0.25, 0.3) is 5.91 Å². The van der Waals surface area contributed by atoms with Gasteiger partial charge in [-0.05, 0) is 43.7 Å². The molecular formula is C22H24N4O2. The van der Waals surface area contributed by atoms with E-state index in [0.29, 0.717) is 11.6 Å². The first kappa shape index (κ1) is 19.4. The number of ether oxygens (including phenoxy) is 1. The molecule has 0 atom stereocenters. The van der Waals surface area contributed by atoms with Crippen LogP contribution < -0.4 is 15.0 Å². The van der Waals surface area contributed by atoms with Gasteiger partial charge >= 0.3 is 0 Å². The quantitative estimate of drug-likeness (QED) is 0.647. The fourth-order valence-corrected chi connectivity index (χ4v) is 2.68. The summed E-state index contributed by atoms with van der Waals surface area (Å²) in [5.41, 5.74) is 2.34. The normalized spacial score (nSPS) is 10.4. The highest BCUT2D eigenvalue weighted by molar-refractivity contribution is 5.90. The third-order valence-electron chi connectivity index (χ3n) is 4.23. The second-order valence-electron chi connectivity index (χ2n) is 6.43. The van der Waals surface area contributed by atoms with E-state index in [2.05, 4.69) is 39.5 Å². The number of hydrogen-bond acceptors (Lipinski definition) is 5. The van der Waals surface area contributed by atoms with Gasteiger partial charge in [0.15, 0.2) is 18.2 Å². The van der Waals surface area contributed by atoms with E-state index in [-0.39, 0.29) is 12.5 Å². The lowest BCUT2D eigenvalue weighted by Gasteiger charge is -2.21. The number of benzene rings is 2. The van der Waals surface area contributed by atoms with E-state index in [9.17, 15) is 4.79 Å². The van der Waals surface area contributed by atoms with Gasteiger partial charge in [-0.25, -0.2) is 0 Å². The van der Waals surface area contributed by atoms with Crippen molar-refractivity contribution >= 4 is 17.5 Å². The molecule has 28 heavy (non-hydrogen) atoms. The van der Waals surface area contributed by atoms with E-state index < -0.39 is 0 Å². The van der Waals surface area contributed by atoms with E-state index in [1.54, 1.807) is 6.07 Å². The average molecular weight is 376 g/mol. The zero-order chi connectivity index (χ0) is 19.8. The van der Waals surface area contributed by atoms with Crippen LogP contribution in [0.3, 0.4) is 0 Å². The minimum atomic E-state index is -0.278. The van der Waals surface area contributed by atoms with Crippen LogP contribution in [-0.2, 0) is 11.3 Å². The Labute approximate surface area is 165 Å². The van der Waals surface area contributed by atoms with Gasteiger partial charge in [-0.3, -0.25) is 4.79 Å². The number of hydrogen-bond donors (Lipinski definition) is 1. The molecule has 1 heterocycles. The number of rotatable bonds is 8. The molecule has 0 saturated carbocycles. The van der Waals surface area contributed by atoms with Crippen molar-refractivity contribution in [2.24, 2.45) is 0 Å². The van der Waals surface area contributed by atoms with E-state index in [1.807, 2.05) is 55.5 Å². The average Bonchev–Trinajstić information content (AvgIpc) is 2.73. The predicted molar refractivity (Wildman–Crippen MR) is 111 cm³/mol. The molecule has 1 aromatic heterocycles. The number of amides is 1.